The van der Waals surface area contributed by atoms with E-state index < -0.39 is 0 Å². The van der Waals surface area contributed by atoms with Gasteiger partial charge in [-0.3, -0.25) is 9.69 Å². The summed E-state index contributed by atoms with van der Waals surface area (Å²) >= 11 is 6.96. The van der Waals surface area contributed by atoms with Crippen LogP contribution >= 0.6 is 24.0 Å². The summed E-state index contributed by atoms with van der Waals surface area (Å²) in [5, 5.41) is 0. The van der Waals surface area contributed by atoms with Crippen molar-refractivity contribution in [1.82, 2.24) is 9.80 Å². The van der Waals surface area contributed by atoms with Crippen LogP contribution in [0.25, 0.3) is 0 Å². The third-order valence-corrected chi connectivity index (χ3v) is 6.28. The van der Waals surface area contributed by atoms with Gasteiger partial charge in [0, 0.05) is 26.2 Å². The molecular formula is C13H23N3OS2. The van der Waals surface area contributed by atoms with E-state index in [1.165, 1.54) is 12.8 Å². The molecule has 0 unspecified atom stereocenters. The molecule has 4 nitrogen and oxygen atoms in total. The molecule has 1 heterocycles. The SMILES string of the molecule is CSC1(C(N)=S)CCN(CC(=O)N(C)C2CC2)CC1. The van der Waals surface area contributed by atoms with Crippen LogP contribution < -0.4 is 5.73 Å². The lowest BCUT2D eigenvalue weighted by Crippen LogP contribution is -2.51. The lowest BCUT2D eigenvalue weighted by Gasteiger charge is -2.40. The lowest BCUT2D eigenvalue weighted by molar-refractivity contribution is -0.131. The molecule has 0 bridgehead atoms. The summed E-state index contributed by atoms with van der Waals surface area (Å²) in [6.45, 7) is 2.35. The molecule has 0 aromatic carbocycles. The number of amides is 1. The van der Waals surface area contributed by atoms with E-state index in [1.54, 1.807) is 11.8 Å². The predicted molar refractivity (Wildman–Crippen MR) is 84.5 cm³/mol. The predicted octanol–water partition coefficient (Wildman–Crippen LogP) is 1.09. The zero-order valence-electron chi connectivity index (χ0n) is 11.7. The van der Waals surface area contributed by atoms with Crippen LogP contribution in [0.3, 0.4) is 0 Å². The van der Waals surface area contributed by atoms with E-state index in [-0.39, 0.29) is 10.7 Å². The Balaban J connectivity index is 1.82. The molecule has 1 aliphatic heterocycles. The second-order valence-corrected chi connectivity index (χ2v) is 7.20. The van der Waals surface area contributed by atoms with Crippen molar-refractivity contribution in [2.75, 3.05) is 32.9 Å². The van der Waals surface area contributed by atoms with Gasteiger partial charge >= 0.3 is 0 Å². The van der Waals surface area contributed by atoms with Crippen LogP contribution in [0.2, 0.25) is 0 Å². The third-order valence-electron chi connectivity index (χ3n) is 4.35. The number of nitrogens with zero attached hydrogens (tertiary/aromatic N) is 2. The molecule has 6 heteroatoms. The molecular weight excluding hydrogens is 278 g/mol. The number of carbonyl (C=O) groups excluding carboxylic acids is 1. The van der Waals surface area contributed by atoms with Gasteiger partial charge in [0.15, 0.2) is 0 Å². The number of rotatable bonds is 5. The van der Waals surface area contributed by atoms with Crippen molar-refractivity contribution in [2.45, 2.75) is 36.5 Å². The highest BCUT2D eigenvalue weighted by Gasteiger charge is 2.37. The summed E-state index contributed by atoms with van der Waals surface area (Å²) in [5.41, 5.74) is 5.87. The summed E-state index contributed by atoms with van der Waals surface area (Å²) in [6, 6.07) is 0.499. The minimum Gasteiger partial charge on any atom is -0.392 e. The summed E-state index contributed by atoms with van der Waals surface area (Å²) in [6.07, 6.45) is 6.30. The van der Waals surface area contributed by atoms with Crippen LogP contribution in [-0.4, -0.2) is 64.4 Å². The Morgan fingerprint density at radius 2 is 2.05 bits per heavy atom. The third kappa shape index (κ3) is 3.41. The molecule has 0 spiro atoms. The van der Waals surface area contributed by atoms with E-state index in [9.17, 15) is 4.79 Å². The number of hydrogen-bond donors (Lipinski definition) is 1. The molecule has 2 fully saturated rings. The van der Waals surface area contributed by atoms with Gasteiger partial charge in [-0.15, -0.1) is 0 Å². The Hall–Kier alpha value is -0.330. The molecule has 2 N–H and O–H groups in total. The first-order valence-electron chi connectivity index (χ1n) is 6.81. The van der Waals surface area contributed by atoms with E-state index in [0.29, 0.717) is 17.6 Å². The van der Waals surface area contributed by atoms with Crippen molar-refractivity contribution in [3.05, 3.63) is 0 Å². The van der Waals surface area contributed by atoms with Crippen LogP contribution in [0.15, 0.2) is 0 Å². The minimum absolute atomic E-state index is 0.0583. The zero-order chi connectivity index (χ0) is 14.0. The molecule has 108 valence electrons. The van der Waals surface area contributed by atoms with Crippen molar-refractivity contribution in [3.63, 3.8) is 0 Å². The van der Waals surface area contributed by atoms with E-state index >= 15 is 0 Å². The highest BCUT2D eigenvalue weighted by Crippen LogP contribution is 2.35. The maximum absolute atomic E-state index is 12.1. The Morgan fingerprint density at radius 3 is 2.47 bits per heavy atom. The Bertz CT molecular complexity index is 363. The Kier molecular flexibility index (Phi) is 4.74. The summed E-state index contributed by atoms with van der Waals surface area (Å²) in [7, 11) is 1.92. The first-order valence-corrected chi connectivity index (χ1v) is 8.45. The van der Waals surface area contributed by atoms with Gasteiger partial charge in [0.05, 0.1) is 16.3 Å². The van der Waals surface area contributed by atoms with Gasteiger partial charge in [-0.2, -0.15) is 11.8 Å². The fourth-order valence-corrected chi connectivity index (χ4v) is 3.84. The first kappa shape index (κ1) is 15.1. The van der Waals surface area contributed by atoms with E-state index in [1.807, 2.05) is 11.9 Å². The quantitative estimate of drug-likeness (QED) is 0.771. The maximum atomic E-state index is 12.1. The van der Waals surface area contributed by atoms with E-state index in [4.69, 9.17) is 18.0 Å². The Labute approximate surface area is 125 Å². The molecule has 0 aromatic heterocycles. The molecule has 1 amide bonds. The van der Waals surface area contributed by atoms with Crippen LogP contribution in [0, 0.1) is 0 Å². The van der Waals surface area contributed by atoms with Gasteiger partial charge in [0.2, 0.25) is 5.91 Å². The smallest absolute Gasteiger partial charge is 0.236 e. The Morgan fingerprint density at radius 1 is 1.47 bits per heavy atom. The van der Waals surface area contributed by atoms with E-state index in [0.717, 1.165) is 25.9 Å². The number of piperidine rings is 1. The molecule has 0 radical (unpaired) electrons. The number of likely N-dealkylation sites (tertiary alicyclic amines) is 1. The van der Waals surface area contributed by atoms with Gasteiger partial charge in [0.25, 0.3) is 0 Å². The largest absolute Gasteiger partial charge is 0.392 e. The number of hydrogen-bond acceptors (Lipinski definition) is 4. The lowest BCUT2D eigenvalue weighted by atomic mass is 9.95. The number of carbonyl (C=O) groups is 1. The van der Waals surface area contributed by atoms with Gasteiger partial charge in [-0.05, 0) is 31.9 Å². The molecule has 1 saturated carbocycles. The first-order chi connectivity index (χ1) is 8.98. The van der Waals surface area contributed by atoms with Gasteiger partial charge < -0.3 is 10.6 Å². The highest BCUT2D eigenvalue weighted by atomic mass is 32.2. The monoisotopic (exact) mass is 301 g/mol. The standard InChI is InChI=1S/C13H23N3OS2/c1-15(10-3-4-10)11(17)9-16-7-5-13(19-2,6-8-16)12(14)18/h10H,3-9H2,1-2H3,(H2,14,18). The van der Waals surface area contributed by atoms with E-state index in [2.05, 4.69) is 11.2 Å². The highest BCUT2D eigenvalue weighted by molar-refractivity contribution is 8.02. The van der Waals surface area contributed by atoms with Gasteiger partial charge in [-0.25, -0.2) is 0 Å². The summed E-state index contributed by atoms with van der Waals surface area (Å²) in [5.74, 6) is 0.245. The number of nitrogens with two attached hydrogens (primary N) is 1. The average Bonchev–Trinajstić information content (AvgIpc) is 3.23. The molecule has 2 aliphatic rings. The number of likely N-dealkylation sites (N-methyl/N-ethyl adjacent to an activating group) is 1. The van der Waals surface area contributed by atoms with Crippen molar-refractivity contribution in [2.24, 2.45) is 5.73 Å². The molecule has 1 aliphatic carbocycles. The summed E-state index contributed by atoms with van der Waals surface area (Å²) in [4.78, 5) is 16.8. The minimum atomic E-state index is -0.0583. The topological polar surface area (TPSA) is 49.6 Å². The maximum Gasteiger partial charge on any atom is 0.236 e. The zero-order valence-corrected chi connectivity index (χ0v) is 13.4. The second-order valence-electron chi connectivity index (χ2n) is 5.57. The molecule has 19 heavy (non-hydrogen) atoms. The number of thiocarbonyl (C=S) groups is 1. The van der Waals surface area contributed by atoms with Gasteiger partial charge in [0.1, 0.15) is 0 Å². The second kappa shape index (κ2) is 5.97. The number of thioether (sulfide) groups is 1. The van der Waals surface area contributed by atoms with Crippen molar-refractivity contribution >= 4 is 34.9 Å². The molecule has 0 atom stereocenters. The van der Waals surface area contributed by atoms with Crippen LogP contribution in [0.4, 0.5) is 0 Å². The average molecular weight is 301 g/mol. The summed E-state index contributed by atoms with van der Waals surface area (Å²) < 4.78 is -0.0583. The normalized spacial score (nSPS) is 23.1. The molecule has 2 rings (SSSR count). The van der Waals surface area contributed by atoms with Crippen molar-refractivity contribution < 1.29 is 4.79 Å². The fourth-order valence-electron chi connectivity index (χ4n) is 2.59. The fraction of sp³-hybridized carbons (Fsp3) is 0.846. The van der Waals surface area contributed by atoms with Gasteiger partial charge in [-0.1, -0.05) is 12.2 Å². The van der Waals surface area contributed by atoms with Crippen LogP contribution in [0.5, 0.6) is 0 Å². The van der Waals surface area contributed by atoms with Crippen molar-refractivity contribution in [1.29, 1.82) is 0 Å². The molecule has 0 aromatic rings. The van der Waals surface area contributed by atoms with Crippen molar-refractivity contribution in [3.8, 4) is 0 Å². The van der Waals surface area contributed by atoms with Crippen LogP contribution in [-0.2, 0) is 4.79 Å². The van der Waals surface area contributed by atoms with Crippen LogP contribution in [0.1, 0.15) is 25.7 Å². The molecule has 1 saturated heterocycles.